The summed E-state index contributed by atoms with van der Waals surface area (Å²) in [5, 5.41) is 0. The van der Waals surface area contributed by atoms with E-state index in [1.165, 1.54) is 4.31 Å². The molecule has 0 aliphatic carbocycles. The van der Waals surface area contributed by atoms with Crippen LogP contribution in [-0.2, 0) is 10.0 Å². The molecule has 5 nitrogen and oxygen atoms in total. The number of halogens is 1. The Bertz CT molecular complexity index is 563. The topological polar surface area (TPSA) is 72.6 Å². The lowest BCUT2D eigenvalue weighted by Gasteiger charge is -2.30. The number of benzene rings is 1. The van der Waals surface area contributed by atoms with E-state index in [1.54, 1.807) is 25.3 Å². The van der Waals surface area contributed by atoms with Crippen molar-refractivity contribution in [2.75, 3.05) is 20.2 Å². The Kier molecular flexibility index (Phi) is 5.82. The van der Waals surface area contributed by atoms with Crippen molar-refractivity contribution in [1.82, 2.24) is 4.31 Å². The van der Waals surface area contributed by atoms with Gasteiger partial charge in [0.05, 0.1) is 12.0 Å². The number of ether oxygens (including phenoxy) is 1. The first-order chi connectivity index (χ1) is 8.95. The minimum Gasteiger partial charge on any atom is -0.496 e. The van der Waals surface area contributed by atoms with Gasteiger partial charge in [0.15, 0.2) is 0 Å². The maximum Gasteiger partial charge on any atom is 0.243 e. The van der Waals surface area contributed by atoms with Gasteiger partial charge in [0.25, 0.3) is 0 Å². The van der Waals surface area contributed by atoms with Crippen LogP contribution in [0.2, 0.25) is 0 Å². The highest BCUT2D eigenvalue weighted by Gasteiger charge is 2.29. The molecule has 0 aromatic heterocycles. The van der Waals surface area contributed by atoms with Crippen molar-refractivity contribution < 1.29 is 13.2 Å². The van der Waals surface area contributed by atoms with E-state index in [1.807, 2.05) is 6.92 Å². The molecule has 0 saturated carbocycles. The third-order valence-electron chi connectivity index (χ3n) is 3.42. The van der Waals surface area contributed by atoms with Gasteiger partial charge in [-0.2, -0.15) is 4.31 Å². The molecule has 2 N–H and O–H groups in total. The lowest BCUT2D eigenvalue weighted by atomic mass is 10.1. The van der Waals surface area contributed by atoms with Crippen LogP contribution in [0.3, 0.4) is 0 Å². The quantitative estimate of drug-likeness (QED) is 0.917. The van der Waals surface area contributed by atoms with Gasteiger partial charge in [0, 0.05) is 19.1 Å². The van der Waals surface area contributed by atoms with Crippen molar-refractivity contribution in [3.63, 3.8) is 0 Å². The molecule has 0 spiro atoms. The fourth-order valence-corrected chi connectivity index (χ4v) is 3.97. The maximum absolute atomic E-state index is 12.5. The standard InChI is InChI=1S/C13H20N2O3S.ClH/c1-10-8-12(5-6-13(10)18-2)19(16,17)15-7-3-4-11(14)9-15;/h5-6,8,11H,3-4,7,9,14H2,1-2H3;1H. The number of rotatable bonds is 3. The molecule has 1 unspecified atom stereocenters. The maximum atomic E-state index is 12.5. The molecule has 1 atom stereocenters. The monoisotopic (exact) mass is 320 g/mol. The van der Waals surface area contributed by atoms with E-state index in [0.29, 0.717) is 23.7 Å². The van der Waals surface area contributed by atoms with Crippen molar-refractivity contribution in [3.05, 3.63) is 23.8 Å². The number of hydrogen-bond acceptors (Lipinski definition) is 4. The molecule has 2 rings (SSSR count). The van der Waals surface area contributed by atoms with E-state index >= 15 is 0 Å². The summed E-state index contributed by atoms with van der Waals surface area (Å²) in [4.78, 5) is 0.305. The number of aryl methyl sites for hydroxylation is 1. The lowest BCUT2D eigenvalue weighted by Crippen LogP contribution is -2.45. The van der Waals surface area contributed by atoms with E-state index < -0.39 is 10.0 Å². The molecule has 1 aromatic carbocycles. The SMILES string of the molecule is COc1ccc(S(=O)(=O)N2CCCC(N)C2)cc1C.Cl. The third kappa shape index (κ3) is 3.44. The molecule has 20 heavy (non-hydrogen) atoms. The van der Waals surface area contributed by atoms with Gasteiger partial charge in [-0.3, -0.25) is 0 Å². The second-order valence-corrected chi connectivity index (χ2v) is 6.83. The van der Waals surface area contributed by atoms with Gasteiger partial charge >= 0.3 is 0 Å². The molecular weight excluding hydrogens is 300 g/mol. The van der Waals surface area contributed by atoms with E-state index in [-0.39, 0.29) is 18.4 Å². The summed E-state index contributed by atoms with van der Waals surface area (Å²) in [5.74, 6) is 0.689. The van der Waals surface area contributed by atoms with Gasteiger partial charge in [-0.25, -0.2) is 8.42 Å². The highest BCUT2D eigenvalue weighted by atomic mass is 35.5. The van der Waals surface area contributed by atoms with Crippen LogP contribution in [0.4, 0.5) is 0 Å². The summed E-state index contributed by atoms with van der Waals surface area (Å²) in [6, 6.07) is 4.85. The first-order valence-corrected chi connectivity index (χ1v) is 7.79. The van der Waals surface area contributed by atoms with Crippen molar-refractivity contribution in [1.29, 1.82) is 0 Å². The van der Waals surface area contributed by atoms with Gasteiger partial charge in [-0.05, 0) is 43.5 Å². The molecule has 1 saturated heterocycles. The minimum atomic E-state index is -3.44. The van der Waals surface area contributed by atoms with Gasteiger partial charge in [-0.1, -0.05) is 0 Å². The number of piperidine rings is 1. The van der Waals surface area contributed by atoms with E-state index in [2.05, 4.69) is 0 Å². The molecule has 1 aliphatic rings. The van der Waals surface area contributed by atoms with Crippen molar-refractivity contribution in [2.45, 2.75) is 30.7 Å². The predicted octanol–water partition coefficient (Wildman–Crippen LogP) is 1.54. The average molecular weight is 321 g/mol. The number of hydrogen-bond donors (Lipinski definition) is 1. The Morgan fingerprint density at radius 2 is 2.10 bits per heavy atom. The van der Waals surface area contributed by atoms with Crippen LogP contribution >= 0.6 is 12.4 Å². The summed E-state index contributed by atoms with van der Waals surface area (Å²) in [5.41, 5.74) is 6.66. The molecule has 0 amide bonds. The zero-order chi connectivity index (χ0) is 14.0. The highest BCUT2D eigenvalue weighted by molar-refractivity contribution is 7.89. The Balaban J connectivity index is 0.00000200. The van der Waals surface area contributed by atoms with Crippen molar-refractivity contribution in [2.24, 2.45) is 5.73 Å². The molecular formula is C13H21ClN2O3S. The predicted molar refractivity (Wildman–Crippen MR) is 80.9 cm³/mol. The summed E-state index contributed by atoms with van der Waals surface area (Å²) in [6.45, 7) is 2.77. The number of methoxy groups -OCH3 is 1. The zero-order valence-electron chi connectivity index (χ0n) is 11.7. The Morgan fingerprint density at radius 3 is 2.65 bits per heavy atom. The molecule has 114 valence electrons. The van der Waals surface area contributed by atoms with Crippen LogP contribution in [0.5, 0.6) is 5.75 Å². The van der Waals surface area contributed by atoms with E-state index in [9.17, 15) is 8.42 Å². The third-order valence-corrected chi connectivity index (χ3v) is 5.29. The summed E-state index contributed by atoms with van der Waals surface area (Å²) >= 11 is 0. The Hall–Kier alpha value is -0.820. The Labute approximate surface area is 126 Å². The van der Waals surface area contributed by atoms with Crippen LogP contribution < -0.4 is 10.5 Å². The average Bonchev–Trinajstić information content (AvgIpc) is 2.38. The molecule has 7 heteroatoms. The Morgan fingerprint density at radius 1 is 1.40 bits per heavy atom. The van der Waals surface area contributed by atoms with Crippen molar-refractivity contribution >= 4 is 22.4 Å². The fraction of sp³-hybridized carbons (Fsp3) is 0.538. The van der Waals surface area contributed by atoms with Crippen LogP contribution in [0.1, 0.15) is 18.4 Å². The van der Waals surface area contributed by atoms with Crippen LogP contribution in [0.25, 0.3) is 0 Å². The number of nitrogens with zero attached hydrogens (tertiary/aromatic N) is 1. The first kappa shape index (κ1) is 17.2. The van der Waals surface area contributed by atoms with Crippen molar-refractivity contribution in [3.8, 4) is 5.75 Å². The smallest absolute Gasteiger partial charge is 0.243 e. The molecule has 1 aliphatic heterocycles. The zero-order valence-corrected chi connectivity index (χ0v) is 13.3. The first-order valence-electron chi connectivity index (χ1n) is 6.35. The van der Waals surface area contributed by atoms with Gasteiger partial charge in [0.1, 0.15) is 5.75 Å². The molecule has 1 heterocycles. The lowest BCUT2D eigenvalue weighted by molar-refractivity contribution is 0.316. The number of sulfonamides is 1. The molecule has 0 radical (unpaired) electrons. The van der Waals surface area contributed by atoms with Gasteiger partial charge < -0.3 is 10.5 Å². The van der Waals surface area contributed by atoms with Gasteiger partial charge in [0.2, 0.25) is 10.0 Å². The largest absolute Gasteiger partial charge is 0.496 e. The second kappa shape index (κ2) is 6.76. The minimum absolute atomic E-state index is 0. The molecule has 1 aromatic rings. The van der Waals surface area contributed by atoms with E-state index in [4.69, 9.17) is 10.5 Å². The molecule has 0 bridgehead atoms. The van der Waals surface area contributed by atoms with E-state index in [0.717, 1.165) is 18.4 Å². The summed E-state index contributed by atoms with van der Waals surface area (Å²) < 4.78 is 31.6. The van der Waals surface area contributed by atoms with Crippen LogP contribution in [0, 0.1) is 6.92 Å². The fourth-order valence-electron chi connectivity index (χ4n) is 2.35. The summed E-state index contributed by atoms with van der Waals surface area (Å²) in [7, 11) is -1.88. The second-order valence-electron chi connectivity index (χ2n) is 4.90. The van der Waals surface area contributed by atoms with Gasteiger partial charge in [-0.15, -0.1) is 12.4 Å². The molecule has 1 fully saturated rings. The number of nitrogens with two attached hydrogens (primary N) is 1. The summed E-state index contributed by atoms with van der Waals surface area (Å²) in [6.07, 6.45) is 1.70. The highest BCUT2D eigenvalue weighted by Crippen LogP contribution is 2.25. The normalized spacial score (nSPS) is 20.2. The van der Waals surface area contributed by atoms with Crippen LogP contribution in [-0.4, -0.2) is 39.0 Å². The van der Waals surface area contributed by atoms with Crippen LogP contribution in [0.15, 0.2) is 23.1 Å².